The molecule has 0 saturated carbocycles. The number of ether oxygens (including phenoxy) is 1. The summed E-state index contributed by atoms with van der Waals surface area (Å²) >= 11 is 6.11. The molecule has 0 aromatic heterocycles. The lowest BCUT2D eigenvalue weighted by Gasteiger charge is -2.27. The van der Waals surface area contributed by atoms with Gasteiger partial charge in [-0.3, -0.25) is 9.69 Å². The minimum Gasteiger partial charge on any atom is -0.465 e. The molecule has 3 unspecified atom stereocenters. The molecule has 0 aliphatic carbocycles. The number of benzene rings is 1. The van der Waals surface area contributed by atoms with Crippen molar-refractivity contribution in [2.75, 3.05) is 25.5 Å². The number of hydrogen-bond donors (Lipinski definition) is 3. The van der Waals surface area contributed by atoms with Crippen LogP contribution in [0.25, 0.3) is 0 Å². The Morgan fingerprint density at radius 3 is 2.80 bits per heavy atom. The summed E-state index contributed by atoms with van der Waals surface area (Å²) in [5.74, 6) is -1.15. The number of alkyl halides is 1. The predicted octanol–water partition coefficient (Wildman–Crippen LogP) is 1.45. The second-order valence-corrected chi connectivity index (χ2v) is 6.42. The third kappa shape index (κ3) is 4.42. The highest BCUT2D eigenvalue weighted by Crippen LogP contribution is 2.30. The number of amides is 1. The van der Waals surface area contributed by atoms with Crippen molar-refractivity contribution >= 4 is 29.2 Å². The van der Waals surface area contributed by atoms with Crippen LogP contribution in [0.15, 0.2) is 18.2 Å². The van der Waals surface area contributed by atoms with Crippen molar-refractivity contribution < 1.29 is 19.4 Å². The molecule has 2 rings (SSSR count). The molecule has 1 aromatic carbocycles. The highest BCUT2D eigenvalue weighted by atomic mass is 35.5. The monoisotopic (exact) mass is 369 g/mol. The summed E-state index contributed by atoms with van der Waals surface area (Å²) in [5, 5.41) is 12.2. The molecular weight excluding hydrogens is 346 g/mol. The molecule has 0 spiro atoms. The number of esters is 1. The molecule has 0 bridgehead atoms. The Labute approximate surface area is 152 Å². The number of primary amides is 1. The van der Waals surface area contributed by atoms with Crippen LogP contribution in [0.4, 0.5) is 5.69 Å². The number of methoxy groups -OCH3 is 1. The molecule has 1 aliphatic rings. The van der Waals surface area contributed by atoms with E-state index in [2.05, 4.69) is 5.32 Å². The van der Waals surface area contributed by atoms with Gasteiger partial charge in [0.05, 0.1) is 12.7 Å². The van der Waals surface area contributed by atoms with E-state index < -0.39 is 23.5 Å². The van der Waals surface area contributed by atoms with Gasteiger partial charge in [0.1, 0.15) is 11.6 Å². The van der Waals surface area contributed by atoms with E-state index in [1.165, 1.54) is 7.11 Å². The van der Waals surface area contributed by atoms with Crippen LogP contribution in [0, 0.1) is 0 Å². The predicted molar refractivity (Wildman–Crippen MR) is 95.5 cm³/mol. The molecule has 138 valence electrons. The van der Waals surface area contributed by atoms with Gasteiger partial charge in [-0.2, -0.15) is 0 Å². The lowest BCUT2D eigenvalue weighted by Crippen LogP contribution is -2.39. The second kappa shape index (κ2) is 8.51. The number of likely N-dealkylation sites (N-methyl/N-ethyl adjacent to an activating group) is 1. The summed E-state index contributed by atoms with van der Waals surface area (Å²) in [6.07, 6.45) is 1.13. The van der Waals surface area contributed by atoms with E-state index >= 15 is 0 Å². The molecule has 3 atom stereocenters. The van der Waals surface area contributed by atoms with Crippen molar-refractivity contribution in [3.05, 3.63) is 29.3 Å². The van der Waals surface area contributed by atoms with Crippen molar-refractivity contribution in [1.82, 2.24) is 4.90 Å². The third-order valence-electron chi connectivity index (χ3n) is 4.50. The van der Waals surface area contributed by atoms with Gasteiger partial charge in [-0.05, 0) is 31.5 Å². The fourth-order valence-electron chi connectivity index (χ4n) is 3.16. The smallest absolute Gasteiger partial charge is 0.337 e. The number of anilines is 1. The van der Waals surface area contributed by atoms with E-state index in [1.54, 1.807) is 18.2 Å². The molecule has 1 amide bonds. The number of aliphatic hydroxyl groups is 1. The Bertz CT molecular complexity index is 640. The summed E-state index contributed by atoms with van der Waals surface area (Å²) < 4.78 is 4.73. The van der Waals surface area contributed by atoms with Crippen molar-refractivity contribution in [3.63, 3.8) is 0 Å². The number of nitrogens with two attached hydrogens (primary N) is 1. The summed E-state index contributed by atoms with van der Waals surface area (Å²) in [6.45, 7) is 3.28. The van der Waals surface area contributed by atoms with E-state index in [-0.39, 0.29) is 6.04 Å². The van der Waals surface area contributed by atoms with Crippen LogP contribution in [-0.2, 0) is 9.53 Å². The van der Waals surface area contributed by atoms with Crippen LogP contribution in [0.2, 0.25) is 0 Å². The Kier molecular flexibility index (Phi) is 6.64. The van der Waals surface area contributed by atoms with Crippen LogP contribution in [0.1, 0.15) is 41.1 Å². The van der Waals surface area contributed by atoms with Crippen LogP contribution >= 0.6 is 11.6 Å². The van der Waals surface area contributed by atoms with E-state index in [0.29, 0.717) is 29.8 Å². The first kappa shape index (κ1) is 19.5. The van der Waals surface area contributed by atoms with Gasteiger partial charge in [0, 0.05) is 23.8 Å². The molecule has 1 fully saturated rings. The zero-order valence-electron chi connectivity index (χ0n) is 14.4. The average Bonchev–Trinajstić information content (AvgIpc) is 2.97. The molecule has 1 aromatic rings. The maximum absolute atomic E-state index is 11.8. The van der Waals surface area contributed by atoms with Crippen molar-refractivity contribution in [3.8, 4) is 0 Å². The van der Waals surface area contributed by atoms with Crippen LogP contribution in [0.3, 0.4) is 0 Å². The number of carbonyl (C=O) groups is 2. The molecule has 1 heterocycles. The number of nitrogens with one attached hydrogen (secondary N) is 1. The summed E-state index contributed by atoms with van der Waals surface area (Å²) in [7, 11) is 1.30. The standard InChI is InChI=1S/C17H24ClN3O4/c1-3-21-11(5-7-14(21)22)9-20-13-8-10(17(24)25-2)4-6-12(13)15(18)16(19)23/h4,6,8,11,14-15,20,22H,3,5,7,9H2,1-2H3,(H2,19,23). The van der Waals surface area contributed by atoms with E-state index in [1.807, 2.05) is 11.8 Å². The number of halogens is 1. The Morgan fingerprint density at radius 1 is 1.48 bits per heavy atom. The maximum Gasteiger partial charge on any atom is 0.337 e. The topological polar surface area (TPSA) is 105 Å². The highest BCUT2D eigenvalue weighted by Gasteiger charge is 2.30. The Balaban J connectivity index is 2.23. The molecule has 4 N–H and O–H groups in total. The first-order chi connectivity index (χ1) is 11.9. The summed E-state index contributed by atoms with van der Waals surface area (Å²) in [4.78, 5) is 25.2. The summed E-state index contributed by atoms with van der Waals surface area (Å²) in [5.41, 5.74) is 6.72. The quantitative estimate of drug-likeness (QED) is 0.496. The van der Waals surface area contributed by atoms with Gasteiger partial charge >= 0.3 is 5.97 Å². The second-order valence-electron chi connectivity index (χ2n) is 5.98. The zero-order chi connectivity index (χ0) is 18.6. The number of hydrogen-bond acceptors (Lipinski definition) is 6. The van der Waals surface area contributed by atoms with Gasteiger partial charge < -0.3 is 20.9 Å². The molecule has 25 heavy (non-hydrogen) atoms. The number of likely N-dealkylation sites (tertiary alicyclic amines) is 1. The fraction of sp³-hybridized carbons (Fsp3) is 0.529. The van der Waals surface area contributed by atoms with Gasteiger partial charge in [-0.25, -0.2) is 4.79 Å². The van der Waals surface area contributed by atoms with Gasteiger partial charge in [-0.1, -0.05) is 13.0 Å². The van der Waals surface area contributed by atoms with Gasteiger partial charge in [-0.15, -0.1) is 11.6 Å². The average molecular weight is 370 g/mol. The van der Waals surface area contributed by atoms with Crippen LogP contribution in [-0.4, -0.2) is 54.4 Å². The first-order valence-corrected chi connectivity index (χ1v) is 8.66. The van der Waals surface area contributed by atoms with Crippen molar-refractivity contribution in [2.24, 2.45) is 5.73 Å². The Morgan fingerprint density at radius 2 is 2.20 bits per heavy atom. The lowest BCUT2D eigenvalue weighted by atomic mass is 10.0. The summed E-state index contributed by atoms with van der Waals surface area (Å²) in [6, 6.07) is 4.89. The lowest BCUT2D eigenvalue weighted by molar-refractivity contribution is -0.117. The van der Waals surface area contributed by atoms with E-state index in [0.717, 1.165) is 13.0 Å². The van der Waals surface area contributed by atoms with Gasteiger partial charge in [0.15, 0.2) is 0 Å². The Hall–Kier alpha value is -1.83. The molecule has 0 radical (unpaired) electrons. The largest absolute Gasteiger partial charge is 0.465 e. The van der Waals surface area contributed by atoms with Gasteiger partial charge in [0.2, 0.25) is 5.91 Å². The molecule has 1 saturated heterocycles. The molecular formula is C17H24ClN3O4. The molecule has 7 nitrogen and oxygen atoms in total. The zero-order valence-corrected chi connectivity index (χ0v) is 15.1. The van der Waals surface area contributed by atoms with Crippen molar-refractivity contribution in [2.45, 2.75) is 37.4 Å². The molecule has 1 aliphatic heterocycles. The minimum absolute atomic E-state index is 0.150. The SMILES string of the molecule is CCN1C(O)CCC1CNc1cc(C(=O)OC)ccc1C(Cl)C(N)=O. The highest BCUT2D eigenvalue weighted by molar-refractivity contribution is 6.31. The maximum atomic E-state index is 11.8. The fourth-order valence-corrected chi connectivity index (χ4v) is 3.35. The van der Waals surface area contributed by atoms with E-state index in [4.69, 9.17) is 22.1 Å². The number of aliphatic hydroxyl groups excluding tert-OH is 1. The normalized spacial score (nSPS) is 21.8. The third-order valence-corrected chi connectivity index (χ3v) is 4.95. The molecule has 8 heteroatoms. The van der Waals surface area contributed by atoms with E-state index in [9.17, 15) is 14.7 Å². The number of rotatable bonds is 7. The van der Waals surface area contributed by atoms with Crippen LogP contribution < -0.4 is 11.1 Å². The number of carbonyl (C=O) groups excluding carboxylic acids is 2. The number of nitrogens with zero attached hydrogens (tertiary/aromatic N) is 1. The first-order valence-electron chi connectivity index (χ1n) is 8.22. The van der Waals surface area contributed by atoms with Crippen LogP contribution in [0.5, 0.6) is 0 Å². The van der Waals surface area contributed by atoms with Gasteiger partial charge in [0.25, 0.3) is 0 Å². The minimum atomic E-state index is -1.01. The van der Waals surface area contributed by atoms with Crippen molar-refractivity contribution in [1.29, 1.82) is 0 Å².